The van der Waals surface area contributed by atoms with Crippen LogP contribution in [0.25, 0.3) is 5.57 Å². The minimum atomic E-state index is -0.681. The molecule has 11 N–H and O–H groups in total. The van der Waals surface area contributed by atoms with Crippen LogP contribution < -0.4 is 37.1 Å². The summed E-state index contributed by atoms with van der Waals surface area (Å²) in [6.45, 7) is 5.36. The number of ketones is 2. The number of piperidine rings is 1. The molecule has 13 atom stereocenters. The number of dihydropyridines is 1. The van der Waals surface area contributed by atoms with Gasteiger partial charge in [0.25, 0.3) is 0 Å². The van der Waals surface area contributed by atoms with Gasteiger partial charge < -0.3 is 57.5 Å². The van der Waals surface area contributed by atoms with Gasteiger partial charge in [0.2, 0.25) is 0 Å². The Labute approximate surface area is 475 Å². The van der Waals surface area contributed by atoms with Gasteiger partial charge >= 0.3 is 0 Å². The number of carbonyl (C=O) groups excluding carboxylic acids is 2. The lowest BCUT2D eigenvalue weighted by Crippen LogP contribution is -2.57. The molecule has 3 aliphatic heterocycles. The first-order valence-electron chi connectivity index (χ1n) is 30.5. The Balaban J connectivity index is 0.862. The largest absolute Gasteiger partial charge is 0.504 e. The fourth-order valence-corrected chi connectivity index (χ4v) is 17.1. The summed E-state index contributed by atoms with van der Waals surface area (Å²) in [7, 11) is 2.07. The molecule has 13 nitrogen and oxygen atoms in total. The Morgan fingerprint density at radius 3 is 2.51 bits per heavy atom. The maximum absolute atomic E-state index is 14.5. The zero-order chi connectivity index (χ0) is 55.8. The summed E-state index contributed by atoms with van der Waals surface area (Å²) in [5, 5.41) is 61.3. The van der Waals surface area contributed by atoms with Crippen LogP contribution in [0.4, 0.5) is 0 Å². The number of benzene rings is 3. The molecular weight excluding hydrogens is 1000 g/mol. The lowest BCUT2D eigenvalue weighted by atomic mass is 9.52. The second kappa shape index (κ2) is 26.5. The number of aromatic hydroxyl groups is 1. The molecule has 4 saturated carbocycles. The molecule has 13 heteroatoms. The molecule has 3 heterocycles. The van der Waals surface area contributed by atoms with Crippen LogP contribution in [0.1, 0.15) is 118 Å². The molecule has 1 saturated heterocycles. The lowest BCUT2D eigenvalue weighted by Gasteiger charge is -2.55. The summed E-state index contributed by atoms with van der Waals surface area (Å²) >= 11 is 0. The summed E-state index contributed by atoms with van der Waals surface area (Å²) in [5.74, 6) is 3.01. The van der Waals surface area contributed by atoms with E-state index in [1.165, 1.54) is 54.9 Å². The molecule has 1 spiro atoms. The average molecular weight is 1090 g/mol. The third-order valence-corrected chi connectivity index (χ3v) is 20.3. The first-order chi connectivity index (χ1) is 38.8. The SMILES string of the molecule is CNC[C@@H]1CC[C@@]2(C1)[C@H](NC[C@H](C)O)C[C@]1(C[C@@H]3[C@H]4CCNC[C@H]4C[C@@H]4C=CCN[C@@H]34)C[C@@H](CC(=O)CC(=O)/C=C(\CO)c3cc(OCO)c(O)cc3CC3=CNC(N)C=C3CCc3cccc(CCc4ccccc4)c3)CC[C@@H]12. The van der Waals surface area contributed by atoms with Gasteiger partial charge in [-0.3, -0.25) is 9.59 Å². The standard InChI is InChI=1S/C67H92N6O7/c1-43(76)37-72-63-36-66(35-59-57-20-23-70-39-53(57)26-50-12-7-22-71-65(50)59)33-47(16-18-62(66)67(63)21-19-48(34-67)38-69-2)25-55(77)31-56(78)28-54(41-74)58-32-61(80-42-75)60(79)29-51(58)27-52-40-73-64(68)30-49(52)17-15-46-11-6-10-45(24-46)14-13-44-8-4-3-5-9-44/h3-12,24,28-30,32,40,43,47-48,50,53,57,59,62-65,69-76,79H,13-23,25-27,31,33-39,41-42,68H2,1-2H3/b54-28+/t43-,47+,48+,50-,53+,57-,59+,62-,63+,64?,65+,66+,67-/m0/s1. The van der Waals surface area contributed by atoms with Crippen molar-refractivity contribution in [1.29, 1.82) is 0 Å². The molecule has 1 unspecified atom stereocenters. The highest BCUT2D eigenvalue weighted by atomic mass is 16.6. The van der Waals surface area contributed by atoms with Crippen LogP contribution in [0, 0.1) is 52.3 Å². The minimum Gasteiger partial charge on any atom is -0.504 e. The molecule has 3 aromatic rings. The van der Waals surface area contributed by atoms with Crippen LogP contribution in [0.3, 0.4) is 0 Å². The van der Waals surface area contributed by atoms with E-state index in [1.807, 2.05) is 25.3 Å². The Morgan fingerprint density at radius 1 is 0.925 bits per heavy atom. The zero-order valence-corrected chi connectivity index (χ0v) is 47.6. The highest BCUT2D eigenvalue weighted by Crippen LogP contribution is 2.70. The Kier molecular flexibility index (Phi) is 19.3. The van der Waals surface area contributed by atoms with Crippen molar-refractivity contribution < 1.29 is 34.8 Å². The molecule has 432 valence electrons. The van der Waals surface area contributed by atoms with Crippen molar-refractivity contribution >= 4 is 17.1 Å². The molecule has 0 bridgehead atoms. The van der Waals surface area contributed by atoms with Crippen LogP contribution in [0.5, 0.6) is 11.5 Å². The molecule has 3 aromatic carbocycles. The van der Waals surface area contributed by atoms with E-state index in [9.17, 15) is 30.0 Å². The average Bonchev–Trinajstić information content (AvgIpc) is 2.70. The Bertz CT molecular complexity index is 2740. The fourth-order valence-electron chi connectivity index (χ4n) is 17.1. The van der Waals surface area contributed by atoms with Gasteiger partial charge in [-0.25, -0.2) is 0 Å². The highest BCUT2D eigenvalue weighted by Gasteiger charge is 2.65. The molecule has 10 rings (SSSR count). The number of aliphatic hydroxyl groups excluding tert-OH is 3. The fraction of sp³-hybridized carbons (Fsp3) is 0.582. The van der Waals surface area contributed by atoms with E-state index in [0.29, 0.717) is 83.7 Å². The first kappa shape index (κ1) is 58.2. The highest BCUT2D eigenvalue weighted by molar-refractivity contribution is 6.07. The van der Waals surface area contributed by atoms with E-state index >= 15 is 0 Å². The minimum absolute atomic E-state index is 0.0154. The number of hydrogen-bond acceptors (Lipinski definition) is 13. The van der Waals surface area contributed by atoms with Gasteiger partial charge in [-0.05, 0) is 251 Å². The maximum Gasteiger partial charge on any atom is 0.186 e. The van der Waals surface area contributed by atoms with Crippen LogP contribution in [0.2, 0.25) is 0 Å². The number of Topliss-reactive ketones (excluding diaryl/α,β-unsaturated/α-hetero) is 1. The van der Waals surface area contributed by atoms with Gasteiger partial charge in [0.1, 0.15) is 5.78 Å². The van der Waals surface area contributed by atoms with E-state index in [2.05, 4.69) is 94.3 Å². The van der Waals surface area contributed by atoms with Gasteiger partial charge in [0.05, 0.1) is 25.3 Å². The number of phenolic OH excluding ortho intramolecular Hbond substituents is 1. The third kappa shape index (κ3) is 13.4. The summed E-state index contributed by atoms with van der Waals surface area (Å²) < 4.78 is 5.44. The summed E-state index contributed by atoms with van der Waals surface area (Å²) in [6.07, 6.45) is 24.4. The number of fused-ring (bicyclic) bond motifs is 4. The van der Waals surface area contributed by atoms with Crippen LogP contribution >= 0.6 is 0 Å². The topological polar surface area (TPSA) is 210 Å². The molecule has 0 radical (unpaired) electrons. The lowest BCUT2D eigenvalue weighted by molar-refractivity contribution is -0.126. The number of nitrogens with two attached hydrogens (primary N) is 1. The number of nitrogens with one attached hydrogen (secondary N) is 5. The smallest absolute Gasteiger partial charge is 0.186 e. The van der Waals surface area contributed by atoms with E-state index in [4.69, 9.17) is 10.5 Å². The predicted molar refractivity (Wildman–Crippen MR) is 316 cm³/mol. The van der Waals surface area contributed by atoms with E-state index in [1.54, 1.807) is 12.1 Å². The monoisotopic (exact) mass is 1090 g/mol. The second-order valence-electron chi connectivity index (χ2n) is 25.5. The zero-order valence-electron chi connectivity index (χ0n) is 47.6. The molecular formula is C67H92N6O7. The summed E-state index contributed by atoms with van der Waals surface area (Å²) in [4.78, 5) is 28.7. The number of rotatable bonds is 24. The van der Waals surface area contributed by atoms with Gasteiger partial charge in [-0.15, -0.1) is 0 Å². The summed E-state index contributed by atoms with van der Waals surface area (Å²) in [6, 6.07) is 23.1. The number of ether oxygens (including phenoxy) is 1. The number of carbonyl (C=O) groups is 2. The molecule has 0 aromatic heterocycles. The Morgan fingerprint density at radius 2 is 1.73 bits per heavy atom. The number of phenols is 1. The molecule has 4 aliphatic carbocycles. The first-order valence-corrected chi connectivity index (χ1v) is 30.5. The maximum atomic E-state index is 14.5. The van der Waals surface area contributed by atoms with Crippen molar-refractivity contribution in [2.45, 2.75) is 140 Å². The number of aliphatic hydroxyl groups is 3. The number of aryl methyl sites for hydroxylation is 3. The normalized spacial score (nSPS) is 31.4. The van der Waals surface area contributed by atoms with Crippen molar-refractivity contribution in [2.24, 2.45) is 58.0 Å². The molecule has 7 aliphatic rings. The van der Waals surface area contributed by atoms with Gasteiger partial charge in [-0.2, -0.15) is 0 Å². The summed E-state index contributed by atoms with van der Waals surface area (Å²) in [5.41, 5.74) is 13.8. The van der Waals surface area contributed by atoms with Crippen molar-refractivity contribution in [1.82, 2.24) is 26.6 Å². The van der Waals surface area contributed by atoms with Crippen LogP contribution in [0.15, 0.2) is 108 Å². The van der Waals surface area contributed by atoms with Crippen molar-refractivity contribution in [3.05, 3.63) is 136 Å². The van der Waals surface area contributed by atoms with Crippen molar-refractivity contribution in [2.75, 3.05) is 53.2 Å². The third-order valence-electron chi connectivity index (χ3n) is 20.3. The van der Waals surface area contributed by atoms with Crippen LogP contribution in [-0.2, 0) is 35.3 Å². The second-order valence-corrected chi connectivity index (χ2v) is 25.5. The molecule has 80 heavy (non-hydrogen) atoms. The van der Waals surface area contributed by atoms with Gasteiger partial charge in [0, 0.05) is 37.8 Å². The number of hydrogen-bond donors (Lipinski definition) is 10. The van der Waals surface area contributed by atoms with Crippen molar-refractivity contribution in [3.63, 3.8) is 0 Å². The van der Waals surface area contributed by atoms with Crippen LogP contribution in [-0.4, -0.2) is 110 Å². The number of allylic oxidation sites excluding steroid dienone is 3. The van der Waals surface area contributed by atoms with E-state index in [-0.39, 0.29) is 52.4 Å². The van der Waals surface area contributed by atoms with Gasteiger partial charge in [-0.1, -0.05) is 66.7 Å². The van der Waals surface area contributed by atoms with Crippen molar-refractivity contribution in [3.8, 4) is 11.5 Å². The Hall–Kier alpha value is -4.96. The predicted octanol–water partition coefficient (Wildman–Crippen LogP) is 7.60. The van der Waals surface area contributed by atoms with E-state index in [0.717, 1.165) is 95.1 Å². The van der Waals surface area contributed by atoms with E-state index < -0.39 is 19.5 Å². The molecule has 5 fully saturated rings. The quantitative estimate of drug-likeness (QED) is 0.0182. The molecule has 0 amide bonds. The van der Waals surface area contributed by atoms with Gasteiger partial charge in [0.15, 0.2) is 24.1 Å².